The summed E-state index contributed by atoms with van der Waals surface area (Å²) in [6.45, 7) is 1.61. The third kappa shape index (κ3) is 2.75. The molecule has 1 unspecified atom stereocenters. The summed E-state index contributed by atoms with van der Waals surface area (Å²) in [5, 5.41) is 9.00. The molecule has 2 aliphatic rings. The highest BCUT2D eigenvalue weighted by molar-refractivity contribution is 5.77. The van der Waals surface area contributed by atoms with Crippen molar-refractivity contribution < 1.29 is 14.7 Å². The number of urea groups is 1. The Hall–Kier alpha value is -1.30. The molecule has 2 rings (SSSR count). The second-order valence-corrected chi connectivity index (χ2v) is 6.38. The van der Waals surface area contributed by atoms with Crippen LogP contribution in [0, 0.1) is 5.92 Å². The highest BCUT2D eigenvalue weighted by Crippen LogP contribution is 2.36. The molecule has 1 N–H and O–H groups in total. The van der Waals surface area contributed by atoms with Crippen LogP contribution in [0.1, 0.15) is 25.7 Å². The van der Waals surface area contributed by atoms with Crippen LogP contribution >= 0.6 is 0 Å². The molecule has 1 heterocycles. The highest BCUT2D eigenvalue weighted by atomic mass is 16.4. The summed E-state index contributed by atoms with van der Waals surface area (Å²) < 4.78 is 0. The SMILES string of the molecule is CN(CC1(N(C)C)CCC1)C(=O)N1CCC(C(=O)O)C1. The Bertz CT molecular complexity index is 393. The third-order valence-electron chi connectivity index (χ3n) is 4.90. The van der Waals surface area contributed by atoms with Crippen molar-refractivity contribution in [3.63, 3.8) is 0 Å². The van der Waals surface area contributed by atoms with E-state index in [0.717, 1.165) is 12.8 Å². The first-order chi connectivity index (χ1) is 9.35. The Morgan fingerprint density at radius 3 is 2.35 bits per heavy atom. The summed E-state index contributed by atoms with van der Waals surface area (Å²) in [4.78, 5) is 29.0. The minimum atomic E-state index is -0.799. The van der Waals surface area contributed by atoms with E-state index in [1.54, 1.807) is 9.80 Å². The fourth-order valence-corrected chi connectivity index (χ4v) is 3.22. The van der Waals surface area contributed by atoms with Crippen molar-refractivity contribution in [1.82, 2.24) is 14.7 Å². The van der Waals surface area contributed by atoms with E-state index in [1.807, 2.05) is 7.05 Å². The predicted molar refractivity (Wildman–Crippen MR) is 75.6 cm³/mol. The number of carboxylic acid groups (broad SMARTS) is 1. The second kappa shape index (κ2) is 5.60. The Morgan fingerprint density at radius 1 is 1.30 bits per heavy atom. The van der Waals surface area contributed by atoms with Gasteiger partial charge < -0.3 is 19.8 Å². The van der Waals surface area contributed by atoms with Crippen molar-refractivity contribution in [1.29, 1.82) is 0 Å². The Labute approximate surface area is 120 Å². The van der Waals surface area contributed by atoms with Crippen LogP contribution < -0.4 is 0 Å². The van der Waals surface area contributed by atoms with E-state index in [0.29, 0.717) is 26.1 Å². The van der Waals surface area contributed by atoms with Gasteiger partial charge in [0.15, 0.2) is 0 Å². The summed E-state index contributed by atoms with van der Waals surface area (Å²) in [6, 6.07) is -0.0399. The van der Waals surface area contributed by atoms with Crippen LogP contribution in [0.15, 0.2) is 0 Å². The number of nitrogens with zero attached hydrogens (tertiary/aromatic N) is 3. The Morgan fingerprint density at radius 2 is 1.95 bits per heavy atom. The number of carbonyl (C=O) groups excluding carboxylic acids is 1. The number of rotatable bonds is 4. The molecule has 20 heavy (non-hydrogen) atoms. The van der Waals surface area contributed by atoms with Crippen LogP contribution in [0.5, 0.6) is 0 Å². The molecule has 1 aliphatic carbocycles. The highest BCUT2D eigenvalue weighted by Gasteiger charge is 2.42. The lowest BCUT2D eigenvalue weighted by Gasteiger charge is -2.49. The molecule has 0 spiro atoms. The number of amides is 2. The molecule has 1 atom stereocenters. The first kappa shape index (κ1) is 15.1. The maximum Gasteiger partial charge on any atom is 0.319 e. The van der Waals surface area contributed by atoms with E-state index in [-0.39, 0.29) is 11.6 Å². The summed E-state index contributed by atoms with van der Waals surface area (Å²) in [6.07, 6.45) is 4.02. The van der Waals surface area contributed by atoms with Crippen LogP contribution in [0.3, 0.4) is 0 Å². The molecular weight excluding hydrogens is 258 g/mol. The zero-order valence-electron chi connectivity index (χ0n) is 12.6. The first-order valence-corrected chi connectivity index (χ1v) is 7.26. The van der Waals surface area contributed by atoms with Gasteiger partial charge in [0.2, 0.25) is 0 Å². The number of hydrogen-bond acceptors (Lipinski definition) is 3. The monoisotopic (exact) mass is 283 g/mol. The lowest BCUT2D eigenvalue weighted by atomic mass is 9.75. The van der Waals surface area contributed by atoms with Gasteiger partial charge in [-0.25, -0.2) is 4.79 Å². The molecule has 6 heteroatoms. The largest absolute Gasteiger partial charge is 0.481 e. The van der Waals surface area contributed by atoms with Crippen molar-refractivity contribution >= 4 is 12.0 Å². The smallest absolute Gasteiger partial charge is 0.319 e. The molecule has 1 saturated heterocycles. The number of carbonyl (C=O) groups is 2. The molecule has 6 nitrogen and oxygen atoms in total. The van der Waals surface area contributed by atoms with E-state index in [9.17, 15) is 9.59 Å². The van der Waals surface area contributed by atoms with E-state index < -0.39 is 11.9 Å². The first-order valence-electron chi connectivity index (χ1n) is 7.26. The average Bonchev–Trinajstić information content (AvgIpc) is 2.81. The zero-order chi connectivity index (χ0) is 14.9. The average molecular weight is 283 g/mol. The molecule has 1 aliphatic heterocycles. The maximum atomic E-state index is 12.4. The number of likely N-dealkylation sites (tertiary alicyclic amines) is 1. The number of likely N-dealkylation sites (N-methyl/N-ethyl adjacent to an activating group) is 2. The van der Waals surface area contributed by atoms with Crippen molar-refractivity contribution in [2.75, 3.05) is 40.8 Å². The van der Waals surface area contributed by atoms with Gasteiger partial charge in [-0.2, -0.15) is 0 Å². The van der Waals surface area contributed by atoms with Gasteiger partial charge in [-0.15, -0.1) is 0 Å². The zero-order valence-corrected chi connectivity index (χ0v) is 12.6. The van der Waals surface area contributed by atoms with E-state index in [4.69, 9.17) is 5.11 Å². The van der Waals surface area contributed by atoms with Gasteiger partial charge in [0.25, 0.3) is 0 Å². The van der Waals surface area contributed by atoms with Crippen molar-refractivity contribution in [2.24, 2.45) is 5.92 Å². The van der Waals surface area contributed by atoms with Crippen molar-refractivity contribution in [3.05, 3.63) is 0 Å². The summed E-state index contributed by atoms with van der Waals surface area (Å²) in [7, 11) is 5.95. The molecule has 0 bridgehead atoms. The van der Waals surface area contributed by atoms with Gasteiger partial charge in [-0.1, -0.05) is 0 Å². The minimum absolute atomic E-state index is 0.0399. The van der Waals surface area contributed by atoms with Gasteiger partial charge in [0, 0.05) is 32.2 Å². The fourth-order valence-electron chi connectivity index (χ4n) is 3.22. The number of aliphatic carboxylic acids is 1. The third-order valence-corrected chi connectivity index (χ3v) is 4.90. The van der Waals surface area contributed by atoms with Gasteiger partial charge in [-0.05, 0) is 39.8 Å². The van der Waals surface area contributed by atoms with Crippen molar-refractivity contribution in [3.8, 4) is 0 Å². The molecule has 0 aromatic carbocycles. The van der Waals surface area contributed by atoms with E-state index >= 15 is 0 Å². The van der Waals surface area contributed by atoms with Crippen LogP contribution in [-0.4, -0.2) is 78.1 Å². The number of hydrogen-bond donors (Lipinski definition) is 1. The Balaban J connectivity index is 1.91. The fraction of sp³-hybridized carbons (Fsp3) is 0.857. The minimum Gasteiger partial charge on any atom is -0.481 e. The lowest BCUT2D eigenvalue weighted by molar-refractivity contribution is -0.141. The van der Waals surface area contributed by atoms with Crippen molar-refractivity contribution in [2.45, 2.75) is 31.2 Å². The summed E-state index contributed by atoms with van der Waals surface area (Å²) in [5.41, 5.74) is 0.107. The van der Waals surface area contributed by atoms with Gasteiger partial charge in [0.1, 0.15) is 0 Å². The molecule has 1 saturated carbocycles. The standard InChI is InChI=1S/C14H25N3O3/c1-15(2)14(6-4-7-14)10-16(3)13(20)17-8-5-11(9-17)12(18)19/h11H,4-10H2,1-3H3,(H,18,19). The summed E-state index contributed by atoms with van der Waals surface area (Å²) >= 11 is 0. The van der Waals surface area contributed by atoms with Gasteiger partial charge >= 0.3 is 12.0 Å². The Kier molecular flexibility index (Phi) is 4.22. The predicted octanol–water partition coefficient (Wildman–Crippen LogP) is 0.929. The molecular formula is C14H25N3O3. The van der Waals surface area contributed by atoms with E-state index in [1.165, 1.54) is 6.42 Å². The van der Waals surface area contributed by atoms with Gasteiger partial charge in [-0.3, -0.25) is 4.79 Å². The molecule has 2 amide bonds. The van der Waals surface area contributed by atoms with Crippen LogP contribution in [-0.2, 0) is 4.79 Å². The molecule has 0 radical (unpaired) electrons. The second-order valence-electron chi connectivity index (χ2n) is 6.38. The van der Waals surface area contributed by atoms with Crippen LogP contribution in [0.4, 0.5) is 4.79 Å². The quantitative estimate of drug-likeness (QED) is 0.833. The van der Waals surface area contributed by atoms with E-state index in [2.05, 4.69) is 19.0 Å². The summed E-state index contributed by atoms with van der Waals surface area (Å²) in [5.74, 6) is -1.20. The van der Waals surface area contributed by atoms with Crippen LogP contribution in [0.25, 0.3) is 0 Å². The van der Waals surface area contributed by atoms with Crippen LogP contribution in [0.2, 0.25) is 0 Å². The molecule has 0 aromatic heterocycles. The topological polar surface area (TPSA) is 64.1 Å². The molecule has 114 valence electrons. The number of carboxylic acids is 1. The maximum absolute atomic E-state index is 12.4. The normalized spacial score (nSPS) is 24.6. The van der Waals surface area contributed by atoms with Gasteiger partial charge in [0.05, 0.1) is 5.92 Å². The lowest BCUT2D eigenvalue weighted by Crippen LogP contribution is -2.58. The molecule has 0 aromatic rings. The molecule has 2 fully saturated rings.